The lowest BCUT2D eigenvalue weighted by Gasteiger charge is -2.33. The van der Waals surface area contributed by atoms with Gasteiger partial charge in [0.1, 0.15) is 18.5 Å². The topological polar surface area (TPSA) is 194 Å². The number of aromatic hydroxyl groups is 2. The van der Waals surface area contributed by atoms with Crippen LogP contribution < -0.4 is 9.97 Å². The molecule has 0 spiro atoms. The second-order valence-electron chi connectivity index (χ2n) is 9.40. The molecule has 0 radical (unpaired) electrons. The first kappa shape index (κ1) is 29.6. The number of halogens is 2. The van der Waals surface area contributed by atoms with Gasteiger partial charge in [0.05, 0.1) is 10.6 Å². The Morgan fingerprint density at radius 2 is 1.88 bits per heavy atom. The van der Waals surface area contributed by atoms with E-state index in [0.717, 1.165) is 17.0 Å². The Morgan fingerprint density at radius 1 is 1.15 bits per heavy atom. The molecule has 2 aliphatic rings. The molecule has 0 bridgehead atoms. The third kappa shape index (κ3) is 5.90. The normalized spacial score (nSPS) is 17.5. The van der Waals surface area contributed by atoms with Crippen molar-refractivity contribution in [3.8, 4) is 17.2 Å². The van der Waals surface area contributed by atoms with Gasteiger partial charge in [0, 0.05) is 37.4 Å². The van der Waals surface area contributed by atoms with Crippen LogP contribution in [-0.4, -0.2) is 93.2 Å². The number of benzene rings is 2. The van der Waals surface area contributed by atoms with Gasteiger partial charge in [0.25, 0.3) is 0 Å². The number of nitrogens with zero attached hydrogens (tertiary/aromatic N) is 2. The lowest BCUT2D eigenvalue weighted by atomic mass is 9.64. The molecule has 16 heteroatoms. The molecule has 2 aromatic rings. The summed E-state index contributed by atoms with van der Waals surface area (Å²) < 4.78 is 18.1. The lowest BCUT2D eigenvalue weighted by Crippen LogP contribution is -2.59. The number of phenols is 2. The maximum atomic E-state index is 13.6. The molecule has 2 heterocycles. The predicted octanol–water partition coefficient (Wildman–Crippen LogP) is 1.29. The average molecular weight is 592 g/mol. The number of phenolic OH excluding ortho intramolecular Hbond substituents is 2. The smallest absolute Gasteiger partial charge is 0.526 e. The van der Waals surface area contributed by atoms with E-state index in [0.29, 0.717) is 10.5 Å². The number of carbonyl (C=O) groups is 5. The van der Waals surface area contributed by atoms with Crippen LogP contribution in [-0.2, 0) is 20.8 Å². The number of amides is 4. The summed E-state index contributed by atoms with van der Waals surface area (Å²) in [4.78, 5) is 64.5. The fourth-order valence-corrected chi connectivity index (χ4v) is 4.98. The number of aromatic carboxylic acids is 1. The maximum absolute atomic E-state index is 13.6. The quantitative estimate of drug-likeness (QED) is 0.170. The first-order valence-electron chi connectivity index (χ1n) is 12.3. The van der Waals surface area contributed by atoms with Gasteiger partial charge < -0.3 is 35.2 Å². The molecule has 216 valence electrons. The minimum atomic E-state index is -1.63. The number of rotatable bonds is 8. The minimum absolute atomic E-state index is 0.0299. The third-order valence-electron chi connectivity index (χ3n) is 6.85. The molecule has 2 atom stereocenters. The number of imide groups is 1. The van der Waals surface area contributed by atoms with Crippen molar-refractivity contribution in [2.45, 2.75) is 24.7 Å². The average Bonchev–Trinajstić information content (AvgIpc) is 2.93. The molecular weight excluding hydrogens is 568 g/mol. The van der Waals surface area contributed by atoms with Crippen LogP contribution in [0.4, 0.5) is 9.18 Å². The highest BCUT2D eigenvalue weighted by Crippen LogP contribution is 2.41. The highest BCUT2D eigenvalue weighted by Gasteiger charge is 2.41. The van der Waals surface area contributed by atoms with Crippen LogP contribution in [0.3, 0.4) is 0 Å². The van der Waals surface area contributed by atoms with Crippen molar-refractivity contribution >= 4 is 48.3 Å². The summed E-state index contributed by atoms with van der Waals surface area (Å²) in [5.74, 6) is -6.71. The number of alkyl halides is 1. The van der Waals surface area contributed by atoms with Crippen LogP contribution >= 0.6 is 11.6 Å². The number of piperazine rings is 1. The second kappa shape index (κ2) is 12.0. The van der Waals surface area contributed by atoms with Crippen LogP contribution in [0.2, 0.25) is 10.8 Å². The van der Waals surface area contributed by atoms with E-state index >= 15 is 0 Å². The molecular formula is C25H24BClFN3O10. The zero-order chi connectivity index (χ0) is 30.0. The first-order valence-corrected chi connectivity index (χ1v) is 12.7. The third-order valence-corrected chi connectivity index (χ3v) is 7.25. The standard InChI is InChI=1S/C25H24BClFN3O10/c27-18-14(4-5-16(32)20(18)34)19(29-25(39)31-9-8-30(7-6-28)22(35)23(31)36)17(33)11-13-10-12-2-1-3-15(24(37)38)21(12)41-26(13)40/h1-5,13,19,32,34,40H,6-11H2,(H,29,39)(H,37,38)/t13-,19?/m1/s1. The molecule has 41 heavy (non-hydrogen) atoms. The fourth-order valence-electron chi connectivity index (χ4n) is 4.71. The van der Waals surface area contributed by atoms with E-state index in [9.17, 15) is 48.7 Å². The zero-order valence-electron chi connectivity index (χ0n) is 21.3. The van der Waals surface area contributed by atoms with Crippen molar-refractivity contribution < 1.29 is 53.4 Å². The van der Waals surface area contributed by atoms with Gasteiger partial charge in [-0.05, 0) is 24.1 Å². The fraction of sp³-hybridized carbons (Fsp3) is 0.320. The van der Waals surface area contributed by atoms with E-state index in [1.165, 1.54) is 12.1 Å². The number of Topliss-reactive ketones (excluding diaryl/α,β-unsaturated/α-hetero) is 1. The highest BCUT2D eigenvalue weighted by atomic mass is 35.5. The van der Waals surface area contributed by atoms with E-state index in [2.05, 4.69) is 5.32 Å². The summed E-state index contributed by atoms with van der Waals surface area (Å²) in [5, 5.41) is 41.8. The molecule has 0 aliphatic carbocycles. The van der Waals surface area contributed by atoms with Gasteiger partial charge in [-0.25, -0.2) is 14.0 Å². The summed E-state index contributed by atoms with van der Waals surface area (Å²) in [6, 6.07) is 3.76. The Kier molecular flexibility index (Phi) is 8.68. The van der Waals surface area contributed by atoms with E-state index in [1.54, 1.807) is 6.07 Å². The number of para-hydroxylation sites is 1. The molecule has 2 aliphatic heterocycles. The Labute approximate surface area is 237 Å². The summed E-state index contributed by atoms with van der Waals surface area (Å²) in [7, 11) is -1.60. The molecule has 0 saturated carbocycles. The summed E-state index contributed by atoms with van der Waals surface area (Å²) in [5.41, 5.74) is 0.0905. The van der Waals surface area contributed by atoms with Crippen LogP contribution in [0.15, 0.2) is 30.3 Å². The number of carboxylic acid groups (broad SMARTS) is 1. The van der Waals surface area contributed by atoms with E-state index < -0.39 is 78.2 Å². The minimum Gasteiger partial charge on any atom is -0.535 e. The molecule has 5 N–H and O–H groups in total. The van der Waals surface area contributed by atoms with Gasteiger partial charge in [-0.2, -0.15) is 0 Å². The van der Waals surface area contributed by atoms with Crippen LogP contribution in [0.1, 0.15) is 33.9 Å². The van der Waals surface area contributed by atoms with Gasteiger partial charge in [0.2, 0.25) is 0 Å². The van der Waals surface area contributed by atoms with Crippen molar-refractivity contribution in [1.82, 2.24) is 15.1 Å². The largest absolute Gasteiger partial charge is 0.535 e. The van der Waals surface area contributed by atoms with Gasteiger partial charge in [-0.1, -0.05) is 29.8 Å². The zero-order valence-corrected chi connectivity index (χ0v) is 22.0. The maximum Gasteiger partial charge on any atom is 0.526 e. The van der Waals surface area contributed by atoms with Crippen molar-refractivity contribution in [3.05, 3.63) is 52.0 Å². The van der Waals surface area contributed by atoms with E-state index in [-0.39, 0.29) is 42.9 Å². The van der Waals surface area contributed by atoms with Crippen molar-refractivity contribution in [1.29, 1.82) is 0 Å². The van der Waals surface area contributed by atoms with Gasteiger partial charge in [-0.3, -0.25) is 19.3 Å². The SMILES string of the molecule is O=C(O)c1cccc2c1OB(O)[C@@H](CC(=O)C(NC(=O)N1CCN(CCF)C(=O)C1=O)c1ccc(O)c(O)c1Cl)C2. The molecule has 4 amide bonds. The van der Waals surface area contributed by atoms with Crippen LogP contribution in [0.5, 0.6) is 17.2 Å². The molecule has 0 aromatic heterocycles. The number of urea groups is 1. The van der Waals surface area contributed by atoms with Crippen molar-refractivity contribution in [3.63, 3.8) is 0 Å². The van der Waals surface area contributed by atoms with Gasteiger partial charge in [-0.15, -0.1) is 0 Å². The van der Waals surface area contributed by atoms with E-state index in [1.807, 2.05) is 0 Å². The Hall–Kier alpha value is -4.37. The van der Waals surface area contributed by atoms with Crippen LogP contribution in [0, 0.1) is 0 Å². The van der Waals surface area contributed by atoms with Crippen molar-refractivity contribution in [2.24, 2.45) is 0 Å². The molecule has 1 unspecified atom stereocenters. The molecule has 1 fully saturated rings. The van der Waals surface area contributed by atoms with Gasteiger partial charge >= 0.3 is 30.9 Å². The number of hydrogen-bond donors (Lipinski definition) is 5. The second-order valence-corrected chi connectivity index (χ2v) is 9.78. The monoisotopic (exact) mass is 591 g/mol. The summed E-state index contributed by atoms with van der Waals surface area (Å²) >= 11 is 6.18. The summed E-state index contributed by atoms with van der Waals surface area (Å²) in [6.45, 7) is -1.63. The van der Waals surface area contributed by atoms with Crippen LogP contribution in [0.25, 0.3) is 0 Å². The molecule has 4 rings (SSSR count). The number of nitrogens with one attached hydrogen (secondary N) is 1. The molecule has 1 saturated heterocycles. The number of fused-ring (bicyclic) bond motifs is 1. The highest BCUT2D eigenvalue weighted by molar-refractivity contribution is 6.47. The first-order chi connectivity index (χ1) is 19.4. The number of hydrogen-bond acceptors (Lipinski definition) is 9. The summed E-state index contributed by atoms with van der Waals surface area (Å²) in [6.07, 6.45) is -0.417. The Morgan fingerprint density at radius 3 is 2.56 bits per heavy atom. The Balaban J connectivity index is 1.60. The Bertz CT molecular complexity index is 1430. The van der Waals surface area contributed by atoms with Crippen molar-refractivity contribution in [2.75, 3.05) is 26.3 Å². The van der Waals surface area contributed by atoms with E-state index in [4.69, 9.17) is 16.3 Å². The lowest BCUT2D eigenvalue weighted by molar-refractivity contribution is -0.153. The number of ketones is 1. The molecule has 2 aromatic carbocycles. The predicted molar refractivity (Wildman–Crippen MR) is 139 cm³/mol. The number of carboxylic acids is 1. The van der Waals surface area contributed by atoms with Gasteiger partial charge in [0.15, 0.2) is 17.3 Å². The molecule has 13 nitrogen and oxygen atoms in total. The number of carbonyl (C=O) groups excluding carboxylic acids is 4.